The summed E-state index contributed by atoms with van der Waals surface area (Å²) in [4.78, 5) is 4.57. The average Bonchev–Trinajstić information content (AvgIpc) is 2.80. The van der Waals surface area contributed by atoms with Crippen LogP contribution in [0.3, 0.4) is 0 Å². The standard InChI is InChI=1S/C15H14BrN2O/c1-3-10-4-5-14-13(6-10)17-15(19-14)11-7-12(16)9-18(2)8-11/h4-9H,3H2,1-2H3/q+1. The van der Waals surface area contributed by atoms with Gasteiger partial charge in [-0.2, -0.15) is 0 Å². The summed E-state index contributed by atoms with van der Waals surface area (Å²) < 4.78 is 8.80. The van der Waals surface area contributed by atoms with Crippen LogP contribution in [0.2, 0.25) is 0 Å². The minimum Gasteiger partial charge on any atom is -0.436 e. The number of nitrogens with zero attached hydrogens (tertiary/aromatic N) is 2. The summed E-state index contributed by atoms with van der Waals surface area (Å²) in [5.41, 5.74) is 3.98. The highest BCUT2D eigenvalue weighted by Gasteiger charge is 2.12. The van der Waals surface area contributed by atoms with Gasteiger partial charge in [0.1, 0.15) is 18.1 Å². The molecule has 0 bridgehead atoms. The topological polar surface area (TPSA) is 29.9 Å². The molecule has 3 aromatic rings. The van der Waals surface area contributed by atoms with Crippen LogP contribution in [0.15, 0.2) is 45.5 Å². The van der Waals surface area contributed by atoms with Gasteiger partial charge in [-0.25, -0.2) is 9.55 Å². The average molecular weight is 318 g/mol. The highest BCUT2D eigenvalue weighted by atomic mass is 79.9. The van der Waals surface area contributed by atoms with Gasteiger partial charge in [-0.05, 0) is 46.1 Å². The second-order valence-electron chi connectivity index (χ2n) is 4.58. The van der Waals surface area contributed by atoms with Gasteiger partial charge in [0.2, 0.25) is 5.89 Å². The molecule has 0 N–H and O–H groups in total. The fraction of sp³-hybridized carbons (Fsp3) is 0.200. The van der Waals surface area contributed by atoms with E-state index in [0.29, 0.717) is 5.89 Å². The molecular weight excluding hydrogens is 304 g/mol. The number of aryl methyl sites for hydroxylation is 2. The van der Waals surface area contributed by atoms with Crippen molar-refractivity contribution in [3.05, 3.63) is 46.7 Å². The molecule has 0 radical (unpaired) electrons. The van der Waals surface area contributed by atoms with E-state index in [4.69, 9.17) is 4.42 Å². The van der Waals surface area contributed by atoms with Crippen LogP contribution >= 0.6 is 15.9 Å². The Bertz CT molecular complexity index is 729. The van der Waals surface area contributed by atoms with Crippen molar-refractivity contribution < 1.29 is 8.98 Å². The van der Waals surface area contributed by atoms with Gasteiger partial charge < -0.3 is 4.42 Å². The van der Waals surface area contributed by atoms with Crippen LogP contribution in [0.4, 0.5) is 0 Å². The van der Waals surface area contributed by atoms with Crippen molar-refractivity contribution in [3.8, 4) is 11.5 Å². The number of rotatable bonds is 2. The van der Waals surface area contributed by atoms with Crippen molar-refractivity contribution >= 4 is 27.0 Å². The van der Waals surface area contributed by atoms with Crippen LogP contribution in [-0.2, 0) is 13.5 Å². The molecule has 0 fully saturated rings. The summed E-state index contributed by atoms with van der Waals surface area (Å²) in [6.45, 7) is 2.14. The SMILES string of the molecule is CCc1ccc2oc(-c3cc(Br)c[n+](C)c3)nc2c1. The summed E-state index contributed by atoms with van der Waals surface area (Å²) in [6.07, 6.45) is 4.99. The van der Waals surface area contributed by atoms with E-state index in [1.165, 1.54) is 5.56 Å². The van der Waals surface area contributed by atoms with Crippen molar-refractivity contribution in [1.29, 1.82) is 0 Å². The van der Waals surface area contributed by atoms with Crippen LogP contribution in [0, 0.1) is 0 Å². The molecule has 1 aromatic carbocycles. The molecular formula is C15H14BrN2O+. The molecule has 0 aliphatic carbocycles. The molecule has 0 aliphatic heterocycles. The zero-order chi connectivity index (χ0) is 13.4. The quantitative estimate of drug-likeness (QED) is 0.675. The molecule has 0 spiro atoms. The van der Waals surface area contributed by atoms with E-state index in [1.54, 1.807) is 0 Å². The number of oxazole rings is 1. The number of aromatic nitrogens is 2. The highest BCUT2D eigenvalue weighted by molar-refractivity contribution is 9.10. The van der Waals surface area contributed by atoms with Gasteiger partial charge in [0.05, 0.1) is 4.47 Å². The first-order chi connectivity index (χ1) is 9.15. The number of pyridine rings is 1. The molecule has 4 heteroatoms. The Balaban J connectivity index is 2.14. The minimum atomic E-state index is 0.653. The molecule has 3 nitrogen and oxygen atoms in total. The van der Waals surface area contributed by atoms with E-state index in [0.717, 1.165) is 27.6 Å². The zero-order valence-electron chi connectivity index (χ0n) is 10.9. The number of hydrogen-bond donors (Lipinski definition) is 0. The number of fused-ring (bicyclic) bond motifs is 1. The first-order valence-corrected chi connectivity index (χ1v) is 7.00. The molecule has 3 rings (SSSR count). The van der Waals surface area contributed by atoms with Crippen LogP contribution in [0.1, 0.15) is 12.5 Å². The predicted molar refractivity (Wildman–Crippen MR) is 77.7 cm³/mol. The highest BCUT2D eigenvalue weighted by Crippen LogP contribution is 2.25. The van der Waals surface area contributed by atoms with Crippen LogP contribution in [0.5, 0.6) is 0 Å². The summed E-state index contributed by atoms with van der Waals surface area (Å²) in [6, 6.07) is 8.16. The van der Waals surface area contributed by atoms with Gasteiger partial charge in [0, 0.05) is 0 Å². The summed E-state index contributed by atoms with van der Waals surface area (Å²) in [5.74, 6) is 0.653. The second-order valence-corrected chi connectivity index (χ2v) is 5.50. The number of benzene rings is 1. The van der Waals surface area contributed by atoms with E-state index in [-0.39, 0.29) is 0 Å². The molecule has 0 amide bonds. The Labute approximate surface area is 120 Å². The number of hydrogen-bond acceptors (Lipinski definition) is 2. The van der Waals surface area contributed by atoms with E-state index in [9.17, 15) is 0 Å². The van der Waals surface area contributed by atoms with Crippen molar-refractivity contribution in [1.82, 2.24) is 4.98 Å². The van der Waals surface area contributed by atoms with E-state index in [2.05, 4.69) is 40.0 Å². The smallest absolute Gasteiger partial charge is 0.233 e. The molecule has 0 saturated carbocycles. The van der Waals surface area contributed by atoms with Crippen LogP contribution < -0.4 is 4.57 Å². The molecule has 2 heterocycles. The van der Waals surface area contributed by atoms with Crippen molar-refractivity contribution in [2.45, 2.75) is 13.3 Å². The van der Waals surface area contributed by atoms with Crippen molar-refractivity contribution in [3.63, 3.8) is 0 Å². The van der Waals surface area contributed by atoms with Crippen molar-refractivity contribution in [2.75, 3.05) is 0 Å². The Hall–Kier alpha value is -1.68. The summed E-state index contributed by atoms with van der Waals surface area (Å²) >= 11 is 3.49. The maximum atomic E-state index is 5.82. The van der Waals surface area contributed by atoms with E-state index in [1.807, 2.05) is 36.1 Å². The maximum absolute atomic E-state index is 5.82. The lowest BCUT2D eigenvalue weighted by atomic mass is 10.1. The van der Waals surface area contributed by atoms with E-state index >= 15 is 0 Å². The molecule has 0 unspecified atom stereocenters. The normalized spacial score (nSPS) is 11.1. The molecule has 0 saturated heterocycles. The predicted octanol–water partition coefficient (Wildman–Crippen LogP) is 3.64. The van der Waals surface area contributed by atoms with E-state index < -0.39 is 0 Å². The lowest BCUT2D eigenvalue weighted by molar-refractivity contribution is -0.671. The maximum Gasteiger partial charge on any atom is 0.233 e. The third kappa shape index (κ3) is 2.40. The Morgan fingerprint density at radius 3 is 2.84 bits per heavy atom. The summed E-state index contributed by atoms with van der Waals surface area (Å²) in [7, 11) is 1.98. The second kappa shape index (κ2) is 4.78. The molecule has 2 aromatic heterocycles. The molecule has 19 heavy (non-hydrogen) atoms. The van der Waals surface area contributed by atoms with Crippen LogP contribution in [-0.4, -0.2) is 4.98 Å². The minimum absolute atomic E-state index is 0.653. The third-order valence-corrected chi connectivity index (χ3v) is 3.50. The van der Waals surface area contributed by atoms with Gasteiger partial charge in [-0.15, -0.1) is 0 Å². The van der Waals surface area contributed by atoms with Gasteiger partial charge in [-0.3, -0.25) is 0 Å². The fourth-order valence-corrected chi connectivity index (χ4v) is 2.68. The van der Waals surface area contributed by atoms with Crippen molar-refractivity contribution in [2.24, 2.45) is 7.05 Å². The third-order valence-electron chi connectivity index (χ3n) is 3.07. The van der Waals surface area contributed by atoms with Crippen LogP contribution in [0.25, 0.3) is 22.6 Å². The fourth-order valence-electron chi connectivity index (χ4n) is 2.11. The Morgan fingerprint density at radius 2 is 2.11 bits per heavy atom. The summed E-state index contributed by atoms with van der Waals surface area (Å²) in [5, 5.41) is 0. The first kappa shape index (κ1) is 12.4. The lowest BCUT2D eigenvalue weighted by Gasteiger charge is -1.94. The first-order valence-electron chi connectivity index (χ1n) is 6.21. The monoisotopic (exact) mass is 317 g/mol. The van der Waals surface area contributed by atoms with Gasteiger partial charge in [-0.1, -0.05) is 13.0 Å². The number of halogens is 1. The molecule has 96 valence electrons. The molecule has 0 aliphatic rings. The molecule has 0 atom stereocenters. The largest absolute Gasteiger partial charge is 0.436 e. The van der Waals surface area contributed by atoms with Gasteiger partial charge in [0.15, 0.2) is 18.0 Å². The van der Waals surface area contributed by atoms with Gasteiger partial charge in [0.25, 0.3) is 0 Å². The zero-order valence-corrected chi connectivity index (χ0v) is 12.4. The Morgan fingerprint density at radius 1 is 1.26 bits per heavy atom. The van der Waals surface area contributed by atoms with Gasteiger partial charge >= 0.3 is 0 Å². The Kier molecular flexibility index (Phi) is 3.11. The lowest BCUT2D eigenvalue weighted by Crippen LogP contribution is -2.26.